The van der Waals surface area contributed by atoms with Crippen LogP contribution in [0.15, 0.2) is 67.8 Å². The monoisotopic (exact) mass is 546 g/mol. The van der Waals surface area contributed by atoms with Crippen molar-refractivity contribution in [2.24, 2.45) is 11.8 Å². The van der Waals surface area contributed by atoms with Gasteiger partial charge in [0.1, 0.15) is 24.2 Å². The highest BCUT2D eigenvalue weighted by Gasteiger charge is 2.78. The fraction of sp³-hybridized carbons (Fsp3) is 0.469. The van der Waals surface area contributed by atoms with Gasteiger partial charge in [0.15, 0.2) is 0 Å². The summed E-state index contributed by atoms with van der Waals surface area (Å²) in [6.45, 7) is 10.1. The molecule has 0 radical (unpaired) electrons. The van der Waals surface area contributed by atoms with Crippen LogP contribution in [0.4, 0.5) is 5.69 Å². The third kappa shape index (κ3) is 4.53. The number of aliphatic hydroxyl groups excluding tert-OH is 1. The van der Waals surface area contributed by atoms with E-state index in [0.29, 0.717) is 44.3 Å². The predicted molar refractivity (Wildman–Crippen MR) is 153 cm³/mol. The van der Waals surface area contributed by atoms with Crippen molar-refractivity contribution in [2.45, 2.75) is 56.3 Å². The molecular weight excluding hydrogens is 508 g/mol. The van der Waals surface area contributed by atoms with Crippen molar-refractivity contribution in [3.05, 3.63) is 67.8 Å². The first kappa shape index (κ1) is 28.1. The number of hydrogen-bond acceptors (Lipinski definition) is 6. The number of esters is 1. The number of likely N-dealkylation sites (tertiary alicyclic amines) is 1. The molecule has 0 aliphatic carbocycles. The largest absolute Gasteiger partial charge is 0.461 e. The van der Waals surface area contributed by atoms with E-state index in [1.807, 2.05) is 49.4 Å². The van der Waals surface area contributed by atoms with Crippen molar-refractivity contribution < 1.29 is 29.0 Å². The molecule has 8 nitrogen and oxygen atoms in total. The molecule has 0 aromatic heterocycles. The van der Waals surface area contributed by atoms with Gasteiger partial charge in [0.05, 0.1) is 11.5 Å². The van der Waals surface area contributed by atoms with Gasteiger partial charge in [-0.15, -0.1) is 6.58 Å². The summed E-state index contributed by atoms with van der Waals surface area (Å²) in [4.78, 5) is 45.4. The minimum Gasteiger partial charge on any atom is -0.461 e. The molecule has 2 unspecified atom stereocenters. The molecule has 40 heavy (non-hydrogen) atoms. The maximum Gasteiger partial charge on any atom is 0.313 e. The molecule has 2 aromatic rings. The Balaban J connectivity index is 1.55. The molecule has 3 aliphatic heterocycles. The lowest BCUT2D eigenvalue weighted by Crippen LogP contribution is -2.56. The van der Waals surface area contributed by atoms with Gasteiger partial charge in [0.2, 0.25) is 5.91 Å². The van der Waals surface area contributed by atoms with E-state index in [4.69, 9.17) is 9.47 Å². The average molecular weight is 547 g/mol. The van der Waals surface area contributed by atoms with Gasteiger partial charge in [-0.1, -0.05) is 49.1 Å². The molecule has 5 atom stereocenters. The molecule has 3 fully saturated rings. The van der Waals surface area contributed by atoms with E-state index in [1.54, 1.807) is 15.9 Å². The zero-order valence-electron chi connectivity index (χ0n) is 23.1. The molecule has 1 spiro atoms. The topological polar surface area (TPSA) is 96.4 Å². The molecule has 3 aliphatic rings. The highest BCUT2D eigenvalue weighted by Crippen LogP contribution is 2.63. The Morgan fingerprint density at radius 2 is 1.90 bits per heavy atom. The van der Waals surface area contributed by atoms with Crippen LogP contribution >= 0.6 is 0 Å². The minimum atomic E-state index is -1.13. The van der Waals surface area contributed by atoms with E-state index in [-0.39, 0.29) is 31.6 Å². The van der Waals surface area contributed by atoms with Crippen molar-refractivity contribution in [1.82, 2.24) is 4.90 Å². The number of rotatable bonds is 12. The maximum atomic E-state index is 14.6. The smallest absolute Gasteiger partial charge is 0.313 e. The van der Waals surface area contributed by atoms with E-state index >= 15 is 0 Å². The molecule has 3 saturated heterocycles. The Labute approximate surface area is 235 Å². The normalized spacial score (nSPS) is 28.5. The van der Waals surface area contributed by atoms with Crippen LogP contribution in [0, 0.1) is 11.8 Å². The van der Waals surface area contributed by atoms with Crippen molar-refractivity contribution in [1.29, 1.82) is 0 Å². The average Bonchev–Trinajstić information content (AvgIpc) is 3.52. The molecule has 212 valence electrons. The Kier molecular flexibility index (Phi) is 7.84. The van der Waals surface area contributed by atoms with E-state index in [0.717, 1.165) is 10.8 Å². The molecule has 0 saturated carbocycles. The van der Waals surface area contributed by atoms with Gasteiger partial charge < -0.3 is 24.4 Å². The first-order valence-electron chi connectivity index (χ1n) is 14.1. The Hall–Kier alpha value is -3.49. The maximum absolute atomic E-state index is 14.6. The van der Waals surface area contributed by atoms with Gasteiger partial charge in [0, 0.05) is 25.4 Å². The van der Waals surface area contributed by atoms with Gasteiger partial charge in [-0.05, 0) is 61.9 Å². The van der Waals surface area contributed by atoms with Crippen LogP contribution in [-0.2, 0) is 23.9 Å². The van der Waals surface area contributed by atoms with Crippen LogP contribution in [0.3, 0.4) is 0 Å². The fourth-order valence-electron chi connectivity index (χ4n) is 7.05. The number of ether oxygens (including phenoxy) is 2. The van der Waals surface area contributed by atoms with E-state index in [9.17, 15) is 19.5 Å². The van der Waals surface area contributed by atoms with Crippen LogP contribution in [0.2, 0.25) is 0 Å². The van der Waals surface area contributed by atoms with Crippen LogP contribution in [0.25, 0.3) is 10.8 Å². The third-order valence-electron chi connectivity index (χ3n) is 8.79. The third-order valence-corrected chi connectivity index (χ3v) is 8.79. The second-order valence-corrected chi connectivity index (χ2v) is 11.2. The molecule has 2 aromatic carbocycles. The summed E-state index contributed by atoms with van der Waals surface area (Å²) >= 11 is 0. The molecule has 5 rings (SSSR count). The first-order valence-corrected chi connectivity index (χ1v) is 14.1. The SMILES string of the molecule is C=CCOC(=O)[C@H]1[C@H]2C(=O)N(CCCCCO)C(C(=O)N(CC=C)c3ccc4ccccc4c3)C23CC[C@]1(C)O3. The van der Waals surface area contributed by atoms with Crippen LogP contribution in [-0.4, -0.2) is 71.3 Å². The Morgan fingerprint density at radius 3 is 2.62 bits per heavy atom. The van der Waals surface area contributed by atoms with Crippen molar-refractivity contribution in [3.8, 4) is 0 Å². The van der Waals surface area contributed by atoms with E-state index in [1.165, 1.54) is 6.08 Å². The van der Waals surface area contributed by atoms with Crippen LogP contribution in [0.5, 0.6) is 0 Å². The molecule has 1 N–H and O–H groups in total. The summed E-state index contributed by atoms with van der Waals surface area (Å²) in [6, 6.07) is 12.9. The lowest BCUT2D eigenvalue weighted by atomic mass is 9.66. The number of aliphatic hydroxyl groups is 1. The standard InChI is InChI=1S/C32H38N2O6/c1-4-17-33(24-14-13-22-11-7-8-12-23(22)21-24)29(37)27-32-16-15-31(3,40-32)26(30(38)39-20-5-2)25(32)28(36)34(27)18-9-6-10-19-35/h4-5,7-8,11-14,21,25-27,35H,1-2,6,9-10,15-20H2,3H3/t25-,26+,27?,31-,32?/m0/s1. The summed E-state index contributed by atoms with van der Waals surface area (Å²) in [5.41, 5.74) is -1.32. The zero-order chi connectivity index (χ0) is 28.5. The minimum absolute atomic E-state index is 0.0433. The molecular formula is C32H38N2O6. The first-order chi connectivity index (χ1) is 19.3. The quantitative estimate of drug-likeness (QED) is 0.246. The van der Waals surface area contributed by atoms with Crippen LogP contribution in [0.1, 0.15) is 39.0 Å². The number of hydrogen-bond donors (Lipinski definition) is 1. The van der Waals surface area contributed by atoms with Crippen molar-refractivity contribution >= 4 is 34.2 Å². The van der Waals surface area contributed by atoms with Crippen LogP contribution < -0.4 is 4.90 Å². The Bertz CT molecular complexity index is 1330. The number of carbonyl (C=O) groups excluding carboxylic acids is 3. The molecule has 2 bridgehead atoms. The van der Waals surface area contributed by atoms with Crippen molar-refractivity contribution in [3.63, 3.8) is 0 Å². The number of unbranched alkanes of at least 4 members (excludes halogenated alkanes) is 2. The highest BCUT2D eigenvalue weighted by molar-refractivity contribution is 6.05. The fourth-order valence-corrected chi connectivity index (χ4v) is 7.05. The zero-order valence-corrected chi connectivity index (χ0v) is 23.1. The van der Waals surface area contributed by atoms with Gasteiger partial charge >= 0.3 is 5.97 Å². The second kappa shape index (κ2) is 11.2. The van der Waals surface area contributed by atoms with E-state index in [2.05, 4.69) is 13.2 Å². The number of anilines is 1. The van der Waals surface area contributed by atoms with Gasteiger partial charge in [0.25, 0.3) is 5.91 Å². The Morgan fingerprint density at radius 1 is 1.12 bits per heavy atom. The van der Waals surface area contributed by atoms with Gasteiger partial charge in [-0.3, -0.25) is 14.4 Å². The predicted octanol–water partition coefficient (Wildman–Crippen LogP) is 4.02. The van der Waals surface area contributed by atoms with Gasteiger partial charge in [-0.25, -0.2) is 0 Å². The number of carbonyl (C=O) groups is 3. The number of benzene rings is 2. The lowest BCUT2D eigenvalue weighted by Gasteiger charge is -2.37. The molecule has 8 heteroatoms. The summed E-state index contributed by atoms with van der Waals surface area (Å²) in [7, 11) is 0. The second-order valence-electron chi connectivity index (χ2n) is 11.2. The molecule has 3 heterocycles. The molecule has 2 amide bonds. The number of fused-ring (bicyclic) bond motifs is 2. The van der Waals surface area contributed by atoms with E-state index < -0.39 is 35.0 Å². The lowest BCUT2D eigenvalue weighted by molar-refractivity contribution is -0.158. The summed E-state index contributed by atoms with van der Waals surface area (Å²) < 4.78 is 12.1. The number of amides is 2. The summed E-state index contributed by atoms with van der Waals surface area (Å²) in [5.74, 6) is -2.61. The van der Waals surface area contributed by atoms with Gasteiger partial charge in [-0.2, -0.15) is 0 Å². The highest BCUT2D eigenvalue weighted by atomic mass is 16.6. The summed E-state index contributed by atoms with van der Waals surface area (Å²) in [6.07, 6.45) is 6.16. The number of nitrogens with zero attached hydrogens (tertiary/aromatic N) is 2. The summed E-state index contributed by atoms with van der Waals surface area (Å²) in [5, 5.41) is 11.3. The van der Waals surface area contributed by atoms with Crippen molar-refractivity contribution in [2.75, 3.05) is 31.2 Å².